The van der Waals surface area contributed by atoms with Crippen molar-refractivity contribution in [1.29, 1.82) is 0 Å². The van der Waals surface area contributed by atoms with Crippen molar-refractivity contribution in [3.8, 4) is 0 Å². The van der Waals surface area contributed by atoms with Crippen LogP contribution in [0.25, 0.3) is 0 Å². The largest absolute Gasteiger partial charge is 0.355 e. The summed E-state index contributed by atoms with van der Waals surface area (Å²) in [5.74, 6) is 0.773. The van der Waals surface area contributed by atoms with Gasteiger partial charge in [0.15, 0.2) is 0 Å². The minimum Gasteiger partial charge on any atom is -0.355 e. The van der Waals surface area contributed by atoms with E-state index in [-0.39, 0.29) is 11.3 Å². The van der Waals surface area contributed by atoms with Crippen LogP contribution in [0.5, 0.6) is 0 Å². The third kappa shape index (κ3) is 2.64. The molecule has 2 aliphatic rings. The first kappa shape index (κ1) is 13.0. The van der Waals surface area contributed by atoms with Gasteiger partial charge in [0.25, 0.3) is 0 Å². The second kappa shape index (κ2) is 5.16. The molecule has 1 aromatic carbocycles. The summed E-state index contributed by atoms with van der Waals surface area (Å²) in [4.78, 5) is 12.4. The minimum absolute atomic E-state index is 0.205. The van der Waals surface area contributed by atoms with Gasteiger partial charge in [-0.2, -0.15) is 0 Å². The maximum atomic E-state index is 12.4. The molecule has 2 nitrogen and oxygen atoms in total. The first-order valence-corrected chi connectivity index (χ1v) is 7.62. The molecule has 0 aliphatic heterocycles. The van der Waals surface area contributed by atoms with E-state index >= 15 is 0 Å². The predicted molar refractivity (Wildman–Crippen MR) is 77.3 cm³/mol. The fourth-order valence-corrected chi connectivity index (χ4v) is 3.51. The van der Waals surface area contributed by atoms with Crippen LogP contribution in [0, 0.1) is 5.92 Å². The lowest BCUT2D eigenvalue weighted by Crippen LogP contribution is -2.37. The van der Waals surface area contributed by atoms with E-state index in [1.54, 1.807) is 0 Å². The Hall–Kier alpha value is -1.02. The van der Waals surface area contributed by atoms with E-state index in [9.17, 15) is 4.79 Å². The Morgan fingerprint density at radius 2 is 2.00 bits per heavy atom. The Labute approximate surface area is 119 Å². The summed E-state index contributed by atoms with van der Waals surface area (Å²) in [5, 5.41) is 3.46. The summed E-state index contributed by atoms with van der Waals surface area (Å²) in [5.41, 5.74) is 0.925. The van der Waals surface area contributed by atoms with Gasteiger partial charge in [0.2, 0.25) is 5.91 Å². The van der Waals surface area contributed by atoms with E-state index < -0.39 is 0 Å². The van der Waals surface area contributed by atoms with E-state index in [4.69, 9.17) is 11.6 Å². The van der Waals surface area contributed by atoms with Crippen LogP contribution in [-0.4, -0.2) is 17.8 Å². The van der Waals surface area contributed by atoms with Crippen molar-refractivity contribution >= 4 is 17.5 Å². The van der Waals surface area contributed by atoms with E-state index in [0.717, 1.165) is 44.2 Å². The molecule has 1 amide bonds. The van der Waals surface area contributed by atoms with Crippen molar-refractivity contribution in [3.05, 3.63) is 35.9 Å². The topological polar surface area (TPSA) is 29.1 Å². The standard InChI is InChI=1S/C16H20ClNO/c17-14-7-6-12(10-14)11-18-15(19)16(8-9-16)13-4-2-1-3-5-13/h1-5,12,14H,6-11H2,(H,18,19). The van der Waals surface area contributed by atoms with Crippen molar-refractivity contribution in [3.63, 3.8) is 0 Å². The molecule has 1 N–H and O–H groups in total. The van der Waals surface area contributed by atoms with Crippen molar-refractivity contribution in [1.82, 2.24) is 5.32 Å². The van der Waals surface area contributed by atoms with Crippen LogP contribution in [0.4, 0.5) is 0 Å². The number of nitrogens with one attached hydrogen (secondary N) is 1. The highest BCUT2D eigenvalue weighted by Crippen LogP contribution is 2.48. The Morgan fingerprint density at radius 3 is 2.58 bits per heavy atom. The Balaban J connectivity index is 1.59. The summed E-state index contributed by atoms with van der Waals surface area (Å²) in [6.45, 7) is 0.788. The number of halogens is 1. The van der Waals surface area contributed by atoms with Gasteiger partial charge in [-0.05, 0) is 43.6 Å². The lowest BCUT2D eigenvalue weighted by Gasteiger charge is -2.17. The molecule has 0 radical (unpaired) electrons. The Morgan fingerprint density at radius 1 is 1.26 bits per heavy atom. The number of amides is 1. The molecule has 0 bridgehead atoms. The van der Waals surface area contributed by atoms with Gasteiger partial charge in [-0.25, -0.2) is 0 Å². The SMILES string of the molecule is O=C(NCC1CCC(Cl)C1)C1(c2ccccc2)CC1. The molecule has 2 saturated carbocycles. The molecule has 0 spiro atoms. The van der Waals surface area contributed by atoms with Gasteiger partial charge >= 0.3 is 0 Å². The van der Waals surface area contributed by atoms with Crippen LogP contribution in [0.1, 0.15) is 37.7 Å². The van der Waals surface area contributed by atoms with Gasteiger partial charge in [0.05, 0.1) is 5.41 Å². The van der Waals surface area contributed by atoms with E-state index in [0.29, 0.717) is 11.3 Å². The smallest absolute Gasteiger partial charge is 0.230 e. The number of carbonyl (C=O) groups is 1. The molecule has 102 valence electrons. The molecule has 2 unspecified atom stereocenters. The summed E-state index contributed by atoms with van der Waals surface area (Å²) >= 11 is 6.11. The molecular weight excluding hydrogens is 258 g/mol. The summed E-state index contributed by atoms with van der Waals surface area (Å²) < 4.78 is 0. The first-order valence-electron chi connectivity index (χ1n) is 7.18. The van der Waals surface area contributed by atoms with Crippen molar-refractivity contribution in [2.45, 2.75) is 42.9 Å². The molecule has 0 heterocycles. The van der Waals surface area contributed by atoms with Crippen molar-refractivity contribution in [2.24, 2.45) is 5.92 Å². The van der Waals surface area contributed by atoms with Gasteiger partial charge in [0, 0.05) is 11.9 Å². The van der Waals surface area contributed by atoms with Crippen LogP contribution in [-0.2, 0) is 10.2 Å². The molecule has 2 atom stereocenters. The molecule has 3 heteroatoms. The van der Waals surface area contributed by atoms with Gasteiger partial charge in [-0.1, -0.05) is 30.3 Å². The second-order valence-corrected chi connectivity index (χ2v) is 6.55. The minimum atomic E-state index is -0.236. The monoisotopic (exact) mass is 277 g/mol. The predicted octanol–water partition coefficient (Wildman–Crippen LogP) is 3.24. The quantitative estimate of drug-likeness (QED) is 0.841. The van der Waals surface area contributed by atoms with Crippen molar-refractivity contribution in [2.75, 3.05) is 6.54 Å². The maximum Gasteiger partial charge on any atom is 0.230 e. The molecule has 1 aromatic rings. The van der Waals surface area contributed by atoms with E-state index in [2.05, 4.69) is 17.4 Å². The van der Waals surface area contributed by atoms with Crippen LogP contribution in [0.2, 0.25) is 0 Å². The number of alkyl halides is 1. The van der Waals surface area contributed by atoms with Gasteiger partial charge in [-0.15, -0.1) is 11.6 Å². The number of hydrogen-bond acceptors (Lipinski definition) is 1. The van der Waals surface area contributed by atoms with Crippen LogP contribution < -0.4 is 5.32 Å². The summed E-state index contributed by atoms with van der Waals surface area (Å²) in [6.07, 6.45) is 5.23. The molecule has 3 rings (SSSR count). The summed E-state index contributed by atoms with van der Waals surface area (Å²) in [7, 11) is 0. The molecule has 19 heavy (non-hydrogen) atoms. The number of carbonyl (C=O) groups excluding carboxylic acids is 1. The van der Waals surface area contributed by atoms with E-state index in [1.807, 2.05) is 18.2 Å². The number of rotatable bonds is 4. The average Bonchev–Trinajstić information content (AvgIpc) is 3.15. The van der Waals surface area contributed by atoms with Crippen LogP contribution in [0.3, 0.4) is 0 Å². The lowest BCUT2D eigenvalue weighted by molar-refractivity contribution is -0.123. The zero-order valence-electron chi connectivity index (χ0n) is 11.1. The maximum absolute atomic E-state index is 12.4. The Kier molecular flexibility index (Phi) is 3.53. The van der Waals surface area contributed by atoms with Crippen LogP contribution in [0.15, 0.2) is 30.3 Å². The third-order valence-corrected chi connectivity index (χ3v) is 4.94. The molecule has 2 fully saturated rings. The van der Waals surface area contributed by atoms with Gasteiger partial charge < -0.3 is 5.32 Å². The molecule has 2 aliphatic carbocycles. The molecular formula is C16H20ClNO. The highest BCUT2D eigenvalue weighted by molar-refractivity contribution is 6.20. The van der Waals surface area contributed by atoms with Gasteiger partial charge in [-0.3, -0.25) is 4.79 Å². The number of benzene rings is 1. The highest BCUT2D eigenvalue weighted by atomic mass is 35.5. The normalized spacial score (nSPS) is 28.1. The fourth-order valence-electron chi connectivity index (χ4n) is 3.13. The zero-order chi connectivity index (χ0) is 13.3. The first-order chi connectivity index (χ1) is 9.21. The average molecular weight is 278 g/mol. The Bertz CT molecular complexity index is 455. The lowest BCUT2D eigenvalue weighted by atomic mass is 9.95. The molecule has 0 aromatic heterocycles. The second-order valence-electron chi connectivity index (χ2n) is 5.93. The zero-order valence-corrected chi connectivity index (χ0v) is 11.8. The third-order valence-electron chi connectivity index (χ3n) is 4.54. The molecule has 0 saturated heterocycles. The van der Waals surface area contributed by atoms with Gasteiger partial charge in [0.1, 0.15) is 0 Å². The fraction of sp³-hybridized carbons (Fsp3) is 0.562. The van der Waals surface area contributed by atoms with E-state index in [1.165, 1.54) is 0 Å². The number of hydrogen-bond donors (Lipinski definition) is 1. The highest BCUT2D eigenvalue weighted by Gasteiger charge is 2.51. The van der Waals surface area contributed by atoms with Crippen molar-refractivity contribution < 1.29 is 4.79 Å². The summed E-state index contributed by atoms with van der Waals surface area (Å²) in [6, 6.07) is 10.2. The van der Waals surface area contributed by atoms with Crippen LogP contribution >= 0.6 is 11.6 Å².